The summed E-state index contributed by atoms with van der Waals surface area (Å²) in [6, 6.07) is 9.61. The van der Waals surface area contributed by atoms with Crippen molar-refractivity contribution in [3.05, 3.63) is 65.0 Å². The largest absolute Gasteiger partial charge is 0.507 e. The SMILES string of the molecule is COc1ccc([C@@H]2C(=C(O)c3ccc(OC)c(F)c3)C(=O)C(=O)N2CCCO)cc1. The fourth-order valence-corrected chi connectivity index (χ4v) is 3.45. The molecule has 1 saturated heterocycles. The fourth-order valence-electron chi connectivity index (χ4n) is 3.45. The van der Waals surface area contributed by atoms with Crippen LogP contribution in [0, 0.1) is 5.82 Å². The minimum atomic E-state index is -0.882. The third kappa shape index (κ3) is 3.86. The number of amides is 1. The lowest BCUT2D eigenvalue weighted by molar-refractivity contribution is -0.140. The van der Waals surface area contributed by atoms with Gasteiger partial charge in [-0.2, -0.15) is 0 Å². The molecule has 0 aromatic heterocycles. The lowest BCUT2D eigenvalue weighted by Crippen LogP contribution is -2.31. The van der Waals surface area contributed by atoms with Crippen LogP contribution >= 0.6 is 0 Å². The molecule has 1 amide bonds. The molecule has 1 aliphatic heterocycles. The standard InChI is InChI=1S/C22H22FNO6/c1-29-15-7-4-13(5-8-15)19-18(21(27)22(28)24(19)10-3-11-25)20(26)14-6-9-17(30-2)16(23)12-14/h4-9,12,19,25-26H,3,10-11H2,1-2H3/t19-/m1/s1. The summed E-state index contributed by atoms with van der Waals surface area (Å²) in [5, 5.41) is 20.1. The Kier molecular flexibility index (Phi) is 6.37. The Bertz CT molecular complexity index is 986. The molecule has 1 fully saturated rings. The second kappa shape index (κ2) is 8.96. The van der Waals surface area contributed by atoms with Crippen LogP contribution in [0.25, 0.3) is 5.76 Å². The van der Waals surface area contributed by atoms with Crippen LogP contribution in [0.2, 0.25) is 0 Å². The van der Waals surface area contributed by atoms with Crippen molar-refractivity contribution in [2.45, 2.75) is 12.5 Å². The molecule has 7 nitrogen and oxygen atoms in total. The van der Waals surface area contributed by atoms with Crippen molar-refractivity contribution >= 4 is 17.4 Å². The minimum Gasteiger partial charge on any atom is -0.507 e. The van der Waals surface area contributed by atoms with Crippen LogP contribution in [0.4, 0.5) is 4.39 Å². The van der Waals surface area contributed by atoms with Gasteiger partial charge in [0.15, 0.2) is 11.6 Å². The normalized spacial score (nSPS) is 18.0. The highest BCUT2D eigenvalue weighted by molar-refractivity contribution is 6.46. The smallest absolute Gasteiger partial charge is 0.295 e. The quantitative estimate of drug-likeness (QED) is 0.410. The number of halogens is 1. The van der Waals surface area contributed by atoms with Crippen LogP contribution in [0.1, 0.15) is 23.6 Å². The van der Waals surface area contributed by atoms with E-state index in [0.29, 0.717) is 11.3 Å². The maximum absolute atomic E-state index is 14.2. The van der Waals surface area contributed by atoms with Gasteiger partial charge in [0, 0.05) is 18.7 Å². The summed E-state index contributed by atoms with van der Waals surface area (Å²) in [4.78, 5) is 26.8. The average molecular weight is 415 g/mol. The summed E-state index contributed by atoms with van der Waals surface area (Å²) in [5.41, 5.74) is 0.475. The number of methoxy groups -OCH3 is 2. The Labute approximate surface area is 173 Å². The van der Waals surface area contributed by atoms with E-state index in [-0.39, 0.29) is 36.5 Å². The van der Waals surface area contributed by atoms with Gasteiger partial charge in [0.05, 0.1) is 25.8 Å². The predicted octanol–water partition coefficient (Wildman–Crippen LogP) is 2.65. The lowest BCUT2D eigenvalue weighted by atomic mass is 9.95. The second-order valence-electron chi connectivity index (χ2n) is 6.69. The maximum Gasteiger partial charge on any atom is 0.295 e. The van der Waals surface area contributed by atoms with Gasteiger partial charge < -0.3 is 24.6 Å². The fraction of sp³-hybridized carbons (Fsp3) is 0.273. The predicted molar refractivity (Wildman–Crippen MR) is 107 cm³/mol. The molecule has 8 heteroatoms. The number of hydrogen-bond acceptors (Lipinski definition) is 6. The van der Waals surface area contributed by atoms with Gasteiger partial charge in [-0.25, -0.2) is 4.39 Å². The number of carbonyl (C=O) groups excluding carboxylic acids is 2. The molecule has 1 heterocycles. The number of aliphatic hydroxyl groups is 2. The van der Waals surface area contributed by atoms with E-state index >= 15 is 0 Å². The molecule has 3 rings (SSSR count). The first kappa shape index (κ1) is 21.3. The number of likely N-dealkylation sites (tertiary alicyclic amines) is 1. The van der Waals surface area contributed by atoms with Gasteiger partial charge in [0.2, 0.25) is 0 Å². The maximum atomic E-state index is 14.2. The lowest BCUT2D eigenvalue weighted by Gasteiger charge is -2.25. The van der Waals surface area contributed by atoms with Crippen molar-refractivity contribution < 1.29 is 33.7 Å². The first-order valence-corrected chi connectivity index (χ1v) is 9.30. The Morgan fingerprint density at radius 3 is 2.37 bits per heavy atom. The van der Waals surface area contributed by atoms with E-state index in [9.17, 15) is 24.2 Å². The number of hydrogen-bond donors (Lipinski definition) is 2. The zero-order valence-corrected chi connectivity index (χ0v) is 16.6. The molecule has 0 radical (unpaired) electrons. The van der Waals surface area contributed by atoms with Crippen LogP contribution in [0.5, 0.6) is 11.5 Å². The van der Waals surface area contributed by atoms with E-state index in [0.717, 1.165) is 6.07 Å². The molecule has 1 aliphatic rings. The van der Waals surface area contributed by atoms with Gasteiger partial charge in [-0.1, -0.05) is 12.1 Å². The molecule has 0 aliphatic carbocycles. The van der Waals surface area contributed by atoms with Gasteiger partial charge in [-0.3, -0.25) is 9.59 Å². The molecule has 30 heavy (non-hydrogen) atoms. The number of ether oxygens (including phenoxy) is 2. The summed E-state index contributed by atoms with van der Waals surface area (Å²) in [6.07, 6.45) is 0.261. The van der Waals surface area contributed by atoms with Crippen LogP contribution in [-0.4, -0.2) is 54.2 Å². The van der Waals surface area contributed by atoms with Crippen molar-refractivity contribution in [1.82, 2.24) is 4.90 Å². The summed E-state index contributed by atoms with van der Waals surface area (Å²) in [7, 11) is 2.83. The van der Waals surface area contributed by atoms with Gasteiger partial charge >= 0.3 is 0 Å². The van der Waals surface area contributed by atoms with Crippen LogP contribution in [-0.2, 0) is 9.59 Å². The number of benzene rings is 2. The molecule has 0 bridgehead atoms. The average Bonchev–Trinajstić information content (AvgIpc) is 3.01. The summed E-state index contributed by atoms with van der Waals surface area (Å²) < 4.78 is 24.2. The molecule has 0 spiro atoms. The van der Waals surface area contributed by atoms with E-state index in [1.165, 1.54) is 31.3 Å². The van der Waals surface area contributed by atoms with E-state index in [4.69, 9.17) is 9.47 Å². The molecule has 0 saturated carbocycles. The molecular weight excluding hydrogens is 393 g/mol. The number of nitrogens with zero attached hydrogens (tertiary/aromatic N) is 1. The summed E-state index contributed by atoms with van der Waals surface area (Å²) in [6.45, 7) is -0.0481. The zero-order valence-electron chi connectivity index (χ0n) is 16.6. The van der Waals surface area contributed by atoms with E-state index in [1.54, 1.807) is 24.3 Å². The van der Waals surface area contributed by atoms with Gasteiger partial charge in [-0.05, 0) is 42.3 Å². The molecule has 2 aromatic carbocycles. The number of ketones is 1. The molecule has 2 N–H and O–H groups in total. The van der Waals surface area contributed by atoms with Crippen molar-refractivity contribution in [1.29, 1.82) is 0 Å². The number of Topliss-reactive ketones (excluding diaryl/α,β-unsaturated/α-hetero) is 1. The molecule has 0 unspecified atom stereocenters. The number of rotatable bonds is 7. The van der Waals surface area contributed by atoms with Crippen LogP contribution < -0.4 is 9.47 Å². The molecule has 2 aromatic rings. The molecule has 1 atom stereocenters. The highest BCUT2D eigenvalue weighted by Crippen LogP contribution is 2.40. The highest BCUT2D eigenvalue weighted by Gasteiger charge is 2.45. The van der Waals surface area contributed by atoms with E-state index in [2.05, 4.69) is 0 Å². The van der Waals surface area contributed by atoms with Gasteiger partial charge in [0.25, 0.3) is 11.7 Å². The number of carbonyl (C=O) groups is 2. The first-order chi connectivity index (χ1) is 14.4. The third-order valence-electron chi connectivity index (χ3n) is 4.95. The molecule has 158 valence electrons. The third-order valence-corrected chi connectivity index (χ3v) is 4.95. The summed E-state index contributed by atoms with van der Waals surface area (Å²) in [5.74, 6) is -2.29. The molecular formula is C22H22FNO6. The van der Waals surface area contributed by atoms with Crippen LogP contribution in [0.15, 0.2) is 48.0 Å². The van der Waals surface area contributed by atoms with E-state index < -0.39 is 29.3 Å². The van der Waals surface area contributed by atoms with Crippen molar-refractivity contribution in [2.75, 3.05) is 27.4 Å². The second-order valence-corrected chi connectivity index (χ2v) is 6.69. The van der Waals surface area contributed by atoms with Gasteiger partial charge in [-0.15, -0.1) is 0 Å². The monoisotopic (exact) mass is 415 g/mol. The minimum absolute atomic E-state index is 0.0124. The Balaban J connectivity index is 2.14. The highest BCUT2D eigenvalue weighted by atomic mass is 19.1. The van der Waals surface area contributed by atoms with Gasteiger partial charge in [0.1, 0.15) is 11.5 Å². The van der Waals surface area contributed by atoms with E-state index in [1.807, 2.05) is 0 Å². The van der Waals surface area contributed by atoms with Crippen molar-refractivity contribution in [3.63, 3.8) is 0 Å². The van der Waals surface area contributed by atoms with Crippen molar-refractivity contribution in [2.24, 2.45) is 0 Å². The first-order valence-electron chi connectivity index (χ1n) is 9.30. The number of aliphatic hydroxyl groups excluding tert-OH is 2. The van der Waals surface area contributed by atoms with Crippen LogP contribution in [0.3, 0.4) is 0 Å². The zero-order chi connectivity index (χ0) is 21.8. The topological polar surface area (TPSA) is 96.3 Å². The van der Waals surface area contributed by atoms with Crippen molar-refractivity contribution in [3.8, 4) is 11.5 Å². The Hall–Kier alpha value is -3.39. The Morgan fingerprint density at radius 2 is 1.80 bits per heavy atom. The Morgan fingerprint density at radius 1 is 1.10 bits per heavy atom. The summed E-state index contributed by atoms with van der Waals surface area (Å²) >= 11 is 0.